The molecule has 0 aliphatic heterocycles. The van der Waals surface area contributed by atoms with Crippen LogP contribution in [-0.2, 0) is 0 Å². The number of rotatable bonds is 6. The molecule has 2 nitrogen and oxygen atoms in total. The molecule has 0 saturated heterocycles. The lowest BCUT2D eigenvalue weighted by Crippen LogP contribution is -2.28. The molecule has 2 aromatic carbocycles. The van der Waals surface area contributed by atoms with E-state index in [4.69, 9.17) is 0 Å². The summed E-state index contributed by atoms with van der Waals surface area (Å²) in [6.45, 7) is 2.26. The highest BCUT2D eigenvalue weighted by molar-refractivity contribution is 5.22. The van der Waals surface area contributed by atoms with Crippen LogP contribution in [0.15, 0.2) is 60.7 Å². The van der Waals surface area contributed by atoms with Crippen LogP contribution in [0.2, 0.25) is 0 Å². The van der Waals surface area contributed by atoms with Crippen LogP contribution >= 0.6 is 0 Å². The fraction of sp³-hybridized carbons (Fsp3) is 0.294. The number of aliphatic hydroxyl groups excluding tert-OH is 1. The molecule has 19 heavy (non-hydrogen) atoms. The molecule has 100 valence electrons. The van der Waals surface area contributed by atoms with Gasteiger partial charge in [0.25, 0.3) is 0 Å². The highest BCUT2D eigenvalue weighted by Gasteiger charge is 2.16. The number of hydrogen-bond acceptors (Lipinski definition) is 2. The van der Waals surface area contributed by atoms with Gasteiger partial charge < -0.3 is 10.4 Å². The molecule has 2 rings (SSSR count). The molecule has 0 unspecified atom stereocenters. The topological polar surface area (TPSA) is 32.3 Å². The molecule has 2 heteroatoms. The van der Waals surface area contributed by atoms with Crippen molar-refractivity contribution >= 4 is 0 Å². The first-order valence-electron chi connectivity index (χ1n) is 6.82. The van der Waals surface area contributed by atoms with E-state index in [0.717, 1.165) is 12.0 Å². The molecule has 0 heterocycles. The standard InChI is InChI=1S/C17H21NO/c1-2-16(14-9-5-3-6-10-14)18-17(13-19)15-11-7-4-8-12-15/h3-12,16-19H,2,13H2,1H3/t16-,17+/m1/s1. The van der Waals surface area contributed by atoms with Crippen LogP contribution in [0.1, 0.15) is 36.6 Å². The minimum absolute atomic E-state index is 0.0219. The van der Waals surface area contributed by atoms with E-state index in [1.807, 2.05) is 36.4 Å². The first-order chi connectivity index (χ1) is 9.35. The van der Waals surface area contributed by atoms with Gasteiger partial charge in [0.2, 0.25) is 0 Å². The van der Waals surface area contributed by atoms with Gasteiger partial charge in [-0.25, -0.2) is 0 Å². The van der Waals surface area contributed by atoms with Crippen LogP contribution in [0.4, 0.5) is 0 Å². The summed E-state index contributed by atoms with van der Waals surface area (Å²) in [5.41, 5.74) is 2.39. The molecule has 0 radical (unpaired) electrons. The Labute approximate surface area is 115 Å². The van der Waals surface area contributed by atoms with E-state index >= 15 is 0 Å². The predicted octanol–water partition coefficient (Wildman–Crippen LogP) is 3.46. The van der Waals surface area contributed by atoms with Gasteiger partial charge in [-0.05, 0) is 17.5 Å². The summed E-state index contributed by atoms with van der Waals surface area (Å²) in [6, 6.07) is 20.7. The molecule has 0 bridgehead atoms. The normalized spacial score (nSPS) is 14.0. The average Bonchev–Trinajstić information content (AvgIpc) is 2.50. The van der Waals surface area contributed by atoms with Crippen molar-refractivity contribution in [1.29, 1.82) is 0 Å². The van der Waals surface area contributed by atoms with Gasteiger partial charge in [0, 0.05) is 6.04 Å². The summed E-state index contributed by atoms with van der Waals surface area (Å²) >= 11 is 0. The Balaban J connectivity index is 2.13. The fourth-order valence-corrected chi connectivity index (χ4v) is 2.32. The number of benzene rings is 2. The zero-order chi connectivity index (χ0) is 13.5. The summed E-state index contributed by atoms with van der Waals surface area (Å²) in [4.78, 5) is 0. The van der Waals surface area contributed by atoms with Crippen LogP contribution in [0.5, 0.6) is 0 Å². The van der Waals surface area contributed by atoms with Crippen LogP contribution in [-0.4, -0.2) is 11.7 Å². The second-order valence-electron chi connectivity index (χ2n) is 4.68. The quantitative estimate of drug-likeness (QED) is 0.828. The maximum absolute atomic E-state index is 9.61. The molecule has 2 aromatic rings. The van der Waals surface area contributed by atoms with E-state index in [9.17, 15) is 5.11 Å². The third kappa shape index (κ3) is 3.66. The van der Waals surface area contributed by atoms with Crippen LogP contribution in [0.3, 0.4) is 0 Å². The fourth-order valence-electron chi connectivity index (χ4n) is 2.32. The predicted molar refractivity (Wildman–Crippen MR) is 78.9 cm³/mol. The van der Waals surface area contributed by atoms with Crippen molar-refractivity contribution in [3.63, 3.8) is 0 Å². The maximum Gasteiger partial charge on any atom is 0.0626 e. The third-order valence-corrected chi connectivity index (χ3v) is 3.40. The molecular formula is C17H21NO. The van der Waals surface area contributed by atoms with Gasteiger partial charge in [0.05, 0.1) is 12.6 Å². The van der Waals surface area contributed by atoms with Gasteiger partial charge in [-0.15, -0.1) is 0 Å². The van der Waals surface area contributed by atoms with Gasteiger partial charge in [-0.1, -0.05) is 67.6 Å². The number of nitrogens with one attached hydrogen (secondary N) is 1. The van der Waals surface area contributed by atoms with E-state index in [-0.39, 0.29) is 18.7 Å². The van der Waals surface area contributed by atoms with Crippen LogP contribution < -0.4 is 5.32 Å². The van der Waals surface area contributed by atoms with Crippen molar-refractivity contribution in [2.45, 2.75) is 25.4 Å². The van der Waals surface area contributed by atoms with Gasteiger partial charge in [0.15, 0.2) is 0 Å². The van der Waals surface area contributed by atoms with Crippen LogP contribution in [0, 0.1) is 0 Å². The van der Waals surface area contributed by atoms with Crippen LogP contribution in [0.25, 0.3) is 0 Å². The Morgan fingerprint density at radius 1 is 0.842 bits per heavy atom. The molecule has 0 aliphatic rings. The van der Waals surface area contributed by atoms with E-state index in [0.29, 0.717) is 0 Å². The number of aliphatic hydroxyl groups is 1. The summed E-state index contributed by atoms with van der Waals surface area (Å²) in [7, 11) is 0. The monoisotopic (exact) mass is 255 g/mol. The van der Waals surface area contributed by atoms with Crippen molar-refractivity contribution in [3.05, 3.63) is 71.8 Å². The Bertz CT molecular complexity index is 424. The molecule has 0 aromatic heterocycles. The van der Waals surface area contributed by atoms with Crippen molar-refractivity contribution in [2.24, 2.45) is 0 Å². The van der Waals surface area contributed by atoms with E-state index in [1.165, 1.54) is 5.56 Å². The molecule has 0 amide bonds. The smallest absolute Gasteiger partial charge is 0.0626 e. The minimum atomic E-state index is -0.0219. The van der Waals surface area contributed by atoms with Crippen molar-refractivity contribution in [3.8, 4) is 0 Å². The summed E-state index contributed by atoms with van der Waals surface area (Å²) in [5.74, 6) is 0. The summed E-state index contributed by atoms with van der Waals surface area (Å²) < 4.78 is 0. The first-order valence-corrected chi connectivity index (χ1v) is 6.82. The largest absolute Gasteiger partial charge is 0.394 e. The SMILES string of the molecule is CC[C@@H](N[C@@H](CO)c1ccccc1)c1ccccc1. The Hall–Kier alpha value is -1.64. The van der Waals surface area contributed by atoms with Crippen molar-refractivity contribution in [1.82, 2.24) is 5.32 Å². The highest BCUT2D eigenvalue weighted by Crippen LogP contribution is 2.21. The second-order valence-corrected chi connectivity index (χ2v) is 4.68. The lowest BCUT2D eigenvalue weighted by molar-refractivity contribution is 0.232. The first kappa shape index (κ1) is 13.8. The van der Waals surface area contributed by atoms with Crippen molar-refractivity contribution < 1.29 is 5.11 Å². The Morgan fingerprint density at radius 2 is 1.32 bits per heavy atom. The minimum Gasteiger partial charge on any atom is -0.394 e. The molecule has 0 aliphatic carbocycles. The Kier molecular flexibility index (Phi) is 5.13. The number of hydrogen-bond donors (Lipinski definition) is 2. The lowest BCUT2D eigenvalue weighted by Gasteiger charge is -2.24. The molecule has 0 saturated carbocycles. The highest BCUT2D eigenvalue weighted by atomic mass is 16.3. The zero-order valence-electron chi connectivity index (χ0n) is 11.3. The Morgan fingerprint density at radius 3 is 1.74 bits per heavy atom. The van der Waals surface area contributed by atoms with Crippen molar-refractivity contribution in [2.75, 3.05) is 6.61 Å². The van der Waals surface area contributed by atoms with E-state index in [2.05, 4.69) is 36.5 Å². The lowest BCUT2D eigenvalue weighted by atomic mass is 10.0. The zero-order valence-corrected chi connectivity index (χ0v) is 11.3. The third-order valence-electron chi connectivity index (χ3n) is 3.40. The second kappa shape index (κ2) is 7.07. The molecule has 0 spiro atoms. The molecular weight excluding hydrogens is 234 g/mol. The molecule has 2 atom stereocenters. The molecule has 0 fully saturated rings. The average molecular weight is 255 g/mol. The maximum atomic E-state index is 9.61. The van der Waals surface area contributed by atoms with Gasteiger partial charge >= 0.3 is 0 Å². The van der Waals surface area contributed by atoms with Gasteiger partial charge in [0.1, 0.15) is 0 Å². The van der Waals surface area contributed by atoms with Gasteiger partial charge in [-0.3, -0.25) is 0 Å². The van der Waals surface area contributed by atoms with Gasteiger partial charge in [-0.2, -0.15) is 0 Å². The summed E-state index contributed by atoms with van der Waals surface area (Å²) in [6.07, 6.45) is 0.993. The summed E-state index contributed by atoms with van der Waals surface area (Å²) in [5, 5.41) is 13.1. The van der Waals surface area contributed by atoms with E-state index < -0.39 is 0 Å². The molecule has 2 N–H and O–H groups in total. The van der Waals surface area contributed by atoms with E-state index in [1.54, 1.807) is 0 Å².